The summed E-state index contributed by atoms with van der Waals surface area (Å²) in [6.45, 7) is -0.640. The van der Waals surface area contributed by atoms with Crippen LogP contribution in [0.4, 0.5) is 0 Å². The van der Waals surface area contributed by atoms with Crippen LogP contribution in [0.3, 0.4) is 0 Å². The number of rotatable bonds is 6. The minimum atomic E-state index is -1.27. The number of ether oxygens (including phenoxy) is 1. The van der Waals surface area contributed by atoms with Gasteiger partial charge in [-0.05, 0) is 17.7 Å². The van der Waals surface area contributed by atoms with Crippen molar-refractivity contribution in [3.05, 3.63) is 29.8 Å². The molecule has 3 N–H and O–H groups in total. The van der Waals surface area contributed by atoms with Crippen molar-refractivity contribution >= 4 is 11.9 Å². The van der Waals surface area contributed by atoms with Crippen LogP contribution in [0.25, 0.3) is 0 Å². The second-order valence-corrected chi connectivity index (χ2v) is 3.67. The van der Waals surface area contributed by atoms with Gasteiger partial charge in [-0.1, -0.05) is 12.1 Å². The maximum Gasteiger partial charge on any atom is 0.328 e. The monoisotopic (exact) mass is 253 g/mol. The Morgan fingerprint density at radius 1 is 1.44 bits per heavy atom. The standard InChI is InChI=1S/C12H15NO5/c1-18-9-4-2-3-8(5-9)6-11(15)13-10(7-14)12(16)17/h2-5,10,14H,6-7H2,1H3,(H,13,15)(H,16,17)/t10-/m0/s1. The van der Waals surface area contributed by atoms with E-state index in [9.17, 15) is 9.59 Å². The normalized spacial score (nSPS) is 11.7. The molecule has 0 spiro atoms. The summed E-state index contributed by atoms with van der Waals surface area (Å²) in [6.07, 6.45) is 0.0287. The second kappa shape index (κ2) is 6.61. The van der Waals surface area contributed by atoms with Gasteiger partial charge in [0.05, 0.1) is 20.1 Å². The van der Waals surface area contributed by atoms with Gasteiger partial charge < -0.3 is 20.3 Å². The molecule has 0 unspecified atom stereocenters. The van der Waals surface area contributed by atoms with E-state index < -0.39 is 24.5 Å². The van der Waals surface area contributed by atoms with Crippen molar-refractivity contribution in [1.82, 2.24) is 5.32 Å². The number of benzene rings is 1. The first-order chi connectivity index (χ1) is 8.56. The smallest absolute Gasteiger partial charge is 0.328 e. The van der Waals surface area contributed by atoms with E-state index in [0.29, 0.717) is 11.3 Å². The number of hydrogen-bond acceptors (Lipinski definition) is 4. The van der Waals surface area contributed by atoms with Crippen molar-refractivity contribution < 1.29 is 24.5 Å². The van der Waals surface area contributed by atoms with Crippen LogP contribution < -0.4 is 10.1 Å². The minimum Gasteiger partial charge on any atom is -0.497 e. The van der Waals surface area contributed by atoms with Crippen molar-refractivity contribution in [1.29, 1.82) is 0 Å². The number of aliphatic hydroxyl groups excluding tert-OH is 1. The predicted octanol–water partition coefficient (Wildman–Crippen LogP) is -0.201. The Morgan fingerprint density at radius 3 is 2.72 bits per heavy atom. The molecule has 1 amide bonds. The lowest BCUT2D eigenvalue weighted by Crippen LogP contribution is -2.43. The second-order valence-electron chi connectivity index (χ2n) is 3.67. The van der Waals surface area contributed by atoms with Crippen molar-refractivity contribution in [2.75, 3.05) is 13.7 Å². The highest BCUT2D eigenvalue weighted by molar-refractivity contribution is 5.84. The summed E-state index contributed by atoms with van der Waals surface area (Å²) in [5.74, 6) is -1.11. The first-order valence-electron chi connectivity index (χ1n) is 5.32. The third-order valence-electron chi connectivity index (χ3n) is 2.31. The lowest BCUT2D eigenvalue weighted by Gasteiger charge is -2.11. The molecular weight excluding hydrogens is 238 g/mol. The van der Waals surface area contributed by atoms with Crippen LogP contribution >= 0.6 is 0 Å². The molecule has 1 atom stereocenters. The summed E-state index contributed by atoms with van der Waals surface area (Å²) < 4.78 is 5.01. The van der Waals surface area contributed by atoms with Crippen molar-refractivity contribution in [3.8, 4) is 5.75 Å². The van der Waals surface area contributed by atoms with Crippen LogP contribution in [0.1, 0.15) is 5.56 Å². The number of methoxy groups -OCH3 is 1. The molecule has 0 aliphatic heterocycles. The van der Waals surface area contributed by atoms with Crippen LogP contribution in [-0.2, 0) is 16.0 Å². The number of hydrogen-bond donors (Lipinski definition) is 3. The highest BCUT2D eigenvalue weighted by atomic mass is 16.5. The summed E-state index contributed by atoms with van der Waals surface area (Å²) in [5.41, 5.74) is 0.703. The van der Waals surface area contributed by atoms with E-state index in [1.54, 1.807) is 24.3 Å². The van der Waals surface area contributed by atoms with Gasteiger partial charge in [-0.15, -0.1) is 0 Å². The van der Waals surface area contributed by atoms with Gasteiger partial charge in [0, 0.05) is 0 Å². The van der Waals surface area contributed by atoms with Crippen LogP contribution in [0.15, 0.2) is 24.3 Å². The zero-order valence-corrected chi connectivity index (χ0v) is 9.92. The van der Waals surface area contributed by atoms with Gasteiger partial charge >= 0.3 is 5.97 Å². The largest absolute Gasteiger partial charge is 0.497 e. The summed E-state index contributed by atoms with van der Waals surface area (Å²) in [7, 11) is 1.52. The molecule has 0 aromatic heterocycles. The number of carbonyl (C=O) groups is 2. The van der Waals surface area contributed by atoms with E-state index in [0.717, 1.165) is 0 Å². The molecule has 0 aliphatic carbocycles. The summed E-state index contributed by atoms with van der Waals surface area (Å²) in [4.78, 5) is 22.2. The fourth-order valence-electron chi connectivity index (χ4n) is 1.40. The average Bonchev–Trinajstić information content (AvgIpc) is 2.35. The maximum absolute atomic E-state index is 11.6. The van der Waals surface area contributed by atoms with E-state index in [1.165, 1.54) is 7.11 Å². The van der Waals surface area contributed by atoms with Crippen LogP contribution in [0, 0.1) is 0 Å². The molecule has 0 saturated carbocycles. The molecule has 6 heteroatoms. The fraction of sp³-hybridized carbons (Fsp3) is 0.333. The Morgan fingerprint density at radius 2 is 2.17 bits per heavy atom. The van der Waals surface area contributed by atoms with Crippen molar-refractivity contribution in [2.24, 2.45) is 0 Å². The fourth-order valence-corrected chi connectivity index (χ4v) is 1.40. The van der Waals surface area contributed by atoms with Crippen molar-refractivity contribution in [3.63, 3.8) is 0 Å². The summed E-state index contributed by atoms with van der Waals surface area (Å²) in [5, 5.41) is 19.7. The molecule has 0 bridgehead atoms. The topological polar surface area (TPSA) is 95.9 Å². The number of aliphatic carboxylic acids is 1. The predicted molar refractivity (Wildman–Crippen MR) is 63.4 cm³/mol. The average molecular weight is 253 g/mol. The molecule has 98 valence electrons. The number of amides is 1. The Bertz CT molecular complexity index is 432. The lowest BCUT2D eigenvalue weighted by atomic mass is 10.1. The first-order valence-corrected chi connectivity index (χ1v) is 5.32. The zero-order valence-electron chi connectivity index (χ0n) is 9.92. The number of carboxylic acids is 1. The van der Waals surface area contributed by atoms with Crippen molar-refractivity contribution in [2.45, 2.75) is 12.5 Å². The van der Waals surface area contributed by atoms with Crippen LogP contribution in [-0.4, -0.2) is 41.8 Å². The molecule has 0 heterocycles. The summed E-state index contributed by atoms with van der Waals surface area (Å²) >= 11 is 0. The van der Waals surface area contributed by atoms with Gasteiger partial charge in [-0.3, -0.25) is 4.79 Å². The molecule has 0 radical (unpaired) electrons. The van der Waals surface area contributed by atoms with E-state index in [1.807, 2.05) is 0 Å². The molecule has 0 fully saturated rings. The molecule has 18 heavy (non-hydrogen) atoms. The van der Waals surface area contributed by atoms with Gasteiger partial charge in [0.2, 0.25) is 5.91 Å². The Labute approximate surface area is 104 Å². The van der Waals surface area contributed by atoms with Gasteiger partial charge in [0.15, 0.2) is 0 Å². The number of carboxylic acid groups (broad SMARTS) is 1. The highest BCUT2D eigenvalue weighted by Crippen LogP contribution is 2.12. The SMILES string of the molecule is COc1cccc(CC(=O)N[C@@H](CO)C(=O)O)c1. The molecule has 0 saturated heterocycles. The van der Waals surface area contributed by atoms with E-state index in [2.05, 4.69) is 5.32 Å². The quantitative estimate of drug-likeness (QED) is 0.652. The van der Waals surface area contributed by atoms with Gasteiger partial charge in [0.1, 0.15) is 11.8 Å². The molecule has 6 nitrogen and oxygen atoms in total. The first kappa shape index (κ1) is 14.0. The highest BCUT2D eigenvalue weighted by Gasteiger charge is 2.18. The van der Waals surface area contributed by atoms with E-state index in [-0.39, 0.29) is 6.42 Å². The van der Waals surface area contributed by atoms with Gasteiger partial charge in [0.25, 0.3) is 0 Å². The zero-order chi connectivity index (χ0) is 13.5. The molecular formula is C12H15NO5. The summed E-state index contributed by atoms with van der Waals surface area (Å²) in [6, 6.07) is 5.63. The Balaban J connectivity index is 2.61. The lowest BCUT2D eigenvalue weighted by molar-refractivity contribution is -0.142. The maximum atomic E-state index is 11.6. The Kier molecular flexibility index (Phi) is 5.13. The third-order valence-corrected chi connectivity index (χ3v) is 2.31. The molecule has 1 rings (SSSR count). The van der Waals surface area contributed by atoms with E-state index in [4.69, 9.17) is 14.9 Å². The number of nitrogens with one attached hydrogen (secondary N) is 1. The third kappa shape index (κ3) is 4.06. The number of aliphatic hydroxyl groups is 1. The molecule has 1 aromatic carbocycles. The van der Waals surface area contributed by atoms with Crippen LogP contribution in [0.2, 0.25) is 0 Å². The van der Waals surface area contributed by atoms with Gasteiger partial charge in [-0.2, -0.15) is 0 Å². The van der Waals surface area contributed by atoms with Gasteiger partial charge in [-0.25, -0.2) is 4.79 Å². The number of carbonyl (C=O) groups excluding carboxylic acids is 1. The van der Waals surface area contributed by atoms with E-state index >= 15 is 0 Å². The molecule has 0 aliphatic rings. The minimum absolute atomic E-state index is 0.0287. The Hall–Kier alpha value is -2.08. The van der Waals surface area contributed by atoms with Crippen LogP contribution in [0.5, 0.6) is 5.75 Å². The molecule has 1 aromatic rings.